The van der Waals surface area contributed by atoms with E-state index in [4.69, 9.17) is 9.47 Å². The molecule has 32 heavy (non-hydrogen) atoms. The van der Waals surface area contributed by atoms with Gasteiger partial charge in [0.05, 0.1) is 19.8 Å². The number of morpholine rings is 1. The lowest BCUT2D eigenvalue weighted by Crippen LogP contribution is -2.37. The van der Waals surface area contributed by atoms with E-state index in [2.05, 4.69) is 83.8 Å². The zero-order valence-electron chi connectivity index (χ0n) is 18.7. The van der Waals surface area contributed by atoms with E-state index in [1.807, 2.05) is 11.8 Å². The zero-order valence-corrected chi connectivity index (χ0v) is 19.6. The number of thioether (sulfide) groups is 1. The summed E-state index contributed by atoms with van der Waals surface area (Å²) in [5.41, 5.74) is 5.28. The van der Waals surface area contributed by atoms with Gasteiger partial charge in [0.25, 0.3) is 0 Å². The fourth-order valence-corrected chi connectivity index (χ4v) is 4.82. The van der Waals surface area contributed by atoms with Gasteiger partial charge in [-0.05, 0) is 53.0 Å². The Bertz CT molecular complexity index is 906. The number of hydrogen-bond acceptors (Lipinski definition) is 4. The number of aryl methyl sites for hydroxylation is 1. The Labute approximate surface area is 196 Å². The van der Waals surface area contributed by atoms with Crippen LogP contribution < -0.4 is 4.74 Å². The molecule has 4 rings (SSSR count). The van der Waals surface area contributed by atoms with Gasteiger partial charge >= 0.3 is 0 Å². The van der Waals surface area contributed by atoms with Crippen LogP contribution in [0.5, 0.6) is 5.75 Å². The van der Waals surface area contributed by atoms with Gasteiger partial charge in [-0.25, -0.2) is 0 Å². The van der Waals surface area contributed by atoms with Crippen molar-refractivity contribution in [3.63, 3.8) is 0 Å². The summed E-state index contributed by atoms with van der Waals surface area (Å²) in [6.45, 7) is 5.64. The number of nitrogens with zero attached hydrogens (tertiary/aromatic N) is 1. The normalized spacial score (nSPS) is 14.4. The Morgan fingerprint density at radius 2 is 1.47 bits per heavy atom. The smallest absolute Gasteiger partial charge is 0.119 e. The Hall–Kier alpha value is -2.27. The number of benzene rings is 3. The molecule has 0 unspecified atom stereocenters. The molecule has 0 amide bonds. The first-order valence-corrected chi connectivity index (χ1v) is 12.8. The van der Waals surface area contributed by atoms with Crippen molar-refractivity contribution in [2.75, 3.05) is 45.2 Å². The fourth-order valence-electron chi connectivity index (χ4n) is 3.86. The summed E-state index contributed by atoms with van der Waals surface area (Å²) >= 11 is 2.00. The van der Waals surface area contributed by atoms with Crippen molar-refractivity contribution < 1.29 is 9.47 Å². The number of hydrogen-bond donors (Lipinski definition) is 0. The van der Waals surface area contributed by atoms with E-state index < -0.39 is 0 Å². The summed E-state index contributed by atoms with van der Waals surface area (Å²) in [7, 11) is 0. The lowest BCUT2D eigenvalue weighted by molar-refractivity contribution is 0.0358. The van der Waals surface area contributed by atoms with Crippen molar-refractivity contribution >= 4 is 11.8 Å². The maximum absolute atomic E-state index is 5.93. The van der Waals surface area contributed by atoms with Gasteiger partial charge < -0.3 is 9.47 Å². The molecule has 0 spiro atoms. The second-order valence-electron chi connectivity index (χ2n) is 8.17. The van der Waals surface area contributed by atoms with E-state index in [9.17, 15) is 0 Å². The van der Waals surface area contributed by atoms with Gasteiger partial charge in [0.2, 0.25) is 0 Å². The van der Waals surface area contributed by atoms with Crippen LogP contribution in [0.25, 0.3) is 11.1 Å². The average molecular weight is 448 g/mol. The lowest BCUT2D eigenvalue weighted by atomic mass is 10.0. The molecular weight excluding hydrogens is 414 g/mol. The third kappa shape index (κ3) is 7.40. The summed E-state index contributed by atoms with van der Waals surface area (Å²) in [6, 6.07) is 28.1. The maximum Gasteiger partial charge on any atom is 0.119 e. The first kappa shape index (κ1) is 22.9. The van der Waals surface area contributed by atoms with Gasteiger partial charge in [-0.1, -0.05) is 66.7 Å². The maximum atomic E-state index is 5.93. The Morgan fingerprint density at radius 3 is 2.19 bits per heavy atom. The SMILES string of the molecule is c1ccc(CCSCc2ccc(-c3ccc(OCCCN4CCOCC4)cc3)cc2)cc1. The van der Waals surface area contributed by atoms with Crippen LogP contribution in [0.15, 0.2) is 78.9 Å². The first-order valence-electron chi connectivity index (χ1n) is 11.6. The molecular formula is C28H33NO2S. The van der Waals surface area contributed by atoms with Crippen molar-refractivity contribution in [1.82, 2.24) is 4.90 Å². The summed E-state index contributed by atoms with van der Waals surface area (Å²) in [5.74, 6) is 3.16. The largest absolute Gasteiger partial charge is 0.494 e. The van der Waals surface area contributed by atoms with E-state index in [-0.39, 0.29) is 0 Å². The van der Waals surface area contributed by atoms with Crippen LogP contribution in [0.3, 0.4) is 0 Å². The van der Waals surface area contributed by atoms with Crippen LogP contribution in [0.2, 0.25) is 0 Å². The highest BCUT2D eigenvalue weighted by molar-refractivity contribution is 7.98. The highest BCUT2D eigenvalue weighted by atomic mass is 32.2. The van der Waals surface area contributed by atoms with Crippen molar-refractivity contribution in [2.45, 2.75) is 18.6 Å². The molecule has 1 aliphatic rings. The minimum atomic E-state index is 0.757. The second kappa shape index (κ2) is 12.7. The standard InChI is InChI=1S/C28H33NO2S/c1-2-5-24(6-3-1)15-22-32-23-25-7-9-26(10-8-25)27-11-13-28(14-12-27)31-19-4-16-29-17-20-30-21-18-29/h1-3,5-14H,4,15-23H2. The molecule has 168 valence electrons. The molecule has 0 radical (unpaired) electrons. The topological polar surface area (TPSA) is 21.7 Å². The van der Waals surface area contributed by atoms with Crippen molar-refractivity contribution in [2.24, 2.45) is 0 Å². The molecule has 1 aliphatic heterocycles. The third-order valence-corrected chi connectivity index (χ3v) is 6.81. The first-order chi connectivity index (χ1) is 15.9. The highest BCUT2D eigenvalue weighted by Gasteiger charge is 2.09. The van der Waals surface area contributed by atoms with Crippen LogP contribution in [0.4, 0.5) is 0 Å². The Morgan fingerprint density at radius 1 is 0.781 bits per heavy atom. The van der Waals surface area contributed by atoms with Gasteiger partial charge in [-0.15, -0.1) is 0 Å². The molecule has 4 heteroatoms. The molecule has 3 nitrogen and oxygen atoms in total. The van der Waals surface area contributed by atoms with Crippen LogP contribution in [0, 0.1) is 0 Å². The molecule has 0 aliphatic carbocycles. The Balaban J connectivity index is 1.17. The monoisotopic (exact) mass is 447 g/mol. The second-order valence-corrected chi connectivity index (χ2v) is 9.27. The molecule has 0 bridgehead atoms. The van der Waals surface area contributed by atoms with Crippen LogP contribution >= 0.6 is 11.8 Å². The minimum absolute atomic E-state index is 0.757. The highest BCUT2D eigenvalue weighted by Crippen LogP contribution is 2.24. The Kier molecular flexibility index (Phi) is 9.08. The van der Waals surface area contributed by atoms with E-state index in [1.165, 1.54) is 22.3 Å². The molecule has 0 aromatic heterocycles. The van der Waals surface area contributed by atoms with E-state index in [0.717, 1.165) is 69.6 Å². The van der Waals surface area contributed by atoms with Gasteiger partial charge in [0.1, 0.15) is 5.75 Å². The molecule has 3 aromatic rings. The van der Waals surface area contributed by atoms with Crippen molar-refractivity contribution in [3.8, 4) is 16.9 Å². The van der Waals surface area contributed by atoms with Gasteiger partial charge in [-0.3, -0.25) is 4.90 Å². The lowest BCUT2D eigenvalue weighted by Gasteiger charge is -2.26. The molecule has 3 aromatic carbocycles. The van der Waals surface area contributed by atoms with Crippen molar-refractivity contribution in [1.29, 1.82) is 0 Å². The third-order valence-electron chi connectivity index (χ3n) is 5.78. The molecule has 0 N–H and O–H groups in total. The van der Waals surface area contributed by atoms with E-state index in [1.54, 1.807) is 0 Å². The van der Waals surface area contributed by atoms with Crippen LogP contribution in [-0.4, -0.2) is 50.1 Å². The summed E-state index contributed by atoms with van der Waals surface area (Å²) in [6.07, 6.45) is 2.18. The summed E-state index contributed by atoms with van der Waals surface area (Å²) in [5, 5.41) is 0. The van der Waals surface area contributed by atoms with Crippen LogP contribution in [-0.2, 0) is 16.9 Å². The van der Waals surface area contributed by atoms with Gasteiger partial charge in [0.15, 0.2) is 0 Å². The quantitative estimate of drug-likeness (QED) is 0.340. The molecule has 1 saturated heterocycles. The average Bonchev–Trinajstić information content (AvgIpc) is 2.87. The molecule has 1 fully saturated rings. The molecule has 0 saturated carbocycles. The zero-order chi connectivity index (χ0) is 21.8. The number of rotatable bonds is 11. The van der Waals surface area contributed by atoms with E-state index in [0.29, 0.717) is 0 Å². The molecule has 0 atom stereocenters. The predicted octanol–water partition coefficient (Wildman–Crippen LogP) is 5.93. The van der Waals surface area contributed by atoms with Gasteiger partial charge in [0, 0.05) is 25.4 Å². The summed E-state index contributed by atoms with van der Waals surface area (Å²) in [4.78, 5) is 2.45. The predicted molar refractivity (Wildman–Crippen MR) is 136 cm³/mol. The summed E-state index contributed by atoms with van der Waals surface area (Å²) < 4.78 is 11.3. The van der Waals surface area contributed by atoms with E-state index >= 15 is 0 Å². The van der Waals surface area contributed by atoms with Crippen molar-refractivity contribution in [3.05, 3.63) is 90.0 Å². The van der Waals surface area contributed by atoms with Crippen LogP contribution in [0.1, 0.15) is 17.5 Å². The van der Waals surface area contributed by atoms with Gasteiger partial charge in [-0.2, -0.15) is 11.8 Å². The molecule has 1 heterocycles. The fraction of sp³-hybridized carbons (Fsp3) is 0.357. The number of ether oxygens (including phenoxy) is 2. The minimum Gasteiger partial charge on any atom is -0.494 e.